The molecule has 37 heavy (non-hydrogen) atoms. The monoisotopic (exact) mass is 486 g/mol. The predicted octanol–water partition coefficient (Wildman–Crippen LogP) is 8.03. The van der Waals surface area contributed by atoms with E-state index in [2.05, 4.69) is 53.1 Å². The molecule has 0 unspecified atom stereocenters. The Kier molecular flexibility index (Phi) is 5.46. The van der Waals surface area contributed by atoms with Gasteiger partial charge in [0, 0.05) is 16.9 Å². The van der Waals surface area contributed by atoms with Crippen LogP contribution in [-0.4, -0.2) is 5.91 Å². The summed E-state index contributed by atoms with van der Waals surface area (Å²) < 4.78 is 5.87. The Hall–Kier alpha value is -4.05. The Morgan fingerprint density at radius 3 is 2.27 bits per heavy atom. The zero-order valence-electron chi connectivity index (χ0n) is 20.6. The van der Waals surface area contributed by atoms with E-state index in [1.165, 1.54) is 36.1 Å². The minimum absolute atomic E-state index is 0.0792. The van der Waals surface area contributed by atoms with E-state index in [0.29, 0.717) is 23.4 Å². The highest BCUT2D eigenvalue weighted by Gasteiger charge is 2.53. The fourth-order valence-electron chi connectivity index (χ4n) is 7.05. The van der Waals surface area contributed by atoms with E-state index in [0.717, 1.165) is 29.0 Å². The van der Waals surface area contributed by atoms with Gasteiger partial charge in [-0.15, -0.1) is 0 Å². The Bertz CT molecular complexity index is 1420. The zero-order valence-corrected chi connectivity index (χ0v) is 20.6. The van der Waals surface area contributed by atoms with Crippen molar-refractivity contribution in [3.8, 4) is 11.5 Å². The number of ether oxygens (including phenoxy) is 1. The molecule has 0 saturated heterocycles. The van der Waals surface area contributed by atoms with Crippen LogP contribution >= 0.6 is 0 Å². The third-order valence-corrected chi connectivity index (χ3v) is 8.60. The highest BCUT2D eigenvalue weighted by molar-refractivity contribution is 6.04. The van der Waals surface area contributed by atoms with Crippen molar-refractivity contribution in [2.24, 2.45) is 17.8 Å². The van der Waals surface area contributed by atoms with Crippen LogP contribution in [0.2, 0.25) is 0 Å². The number of hydrogen-bond donors (Lipinski definition) is 2. The highest BCUT2D eigenvalue weighted by atomic mass is 16.5. The van der Waals surface area contributed by atoms with Crippen LogP contribution in [0.15, 0.2) is 103 Å². The number of hydrogen-bond acceptors (Lipinski definition) is 3. The van der Waals surface area contributed by atoms with E-state index in [4.69, 9.17) is 4.74 Å². The van der Waals surface area contributed by atoms with E-state index in [9.17, 15) is 4.79 Å². The average Bonchev–Trinajstić information content (AvgIpc) is 3.58. The molecule has 0 aromatic heterocycles. The topological polar surface area (TPSA) is 50.4 Å². The van der Waals surface area contributed by atoms with Gasteiger partial charge in [0.1, 0.15) is 11.5 Å². The van der Waals surface area contributed by atoms with Gasteiger partial charge in [0.05, 0.1) is 6.04 Å². The maximum Gasteiger partial charge on any atom is 0.255 e. The minimum atomic E-state index is -0.0792. The number of nitrogens with one attached hydrogen (secondary N) is 2. The third kappa shape index (κ3) is 4.07. The van der Waals surface area contributed by atoms with Gasteiger partial charge in [-0.25, -0.2) is 0 Å². The van der Waals surface area contributed by atoms with Crippen LogP contribution < -0.4 is 15.4 Å². The quantitative estimate of drug-likeness (QED) is 0.300. The molecule has 1 heterocycles. The lowest BCUT2D eigenvalue weighted by molar-refractivity contribution is 0.102. The van der Waals surface area contributed by atoms with Gasteiger partial charge in [-0.1, -0.05) is 48.5 Å². The molecule has 4 heteroatoms. The summed E-state index contributed by atoms with van der Waals surface area (Å²) in [7, 11) is 0. The first-order chi connectivity index (χ1) is 18.2. The molecular formula is C33H30N2O2. The summed E-state index contributed by atoms with van der Waals surface area (Å²) in [6.45, 7) is 0. The maximum absolute atomic E-state index is 13.3. The van der Waals surface area contributed by atoms with Crippen molar-refractivity contribution < 1.29 is 9.53 Å². The number of benzene rings is 4. The van der Waals surface area contributed by atoms with Gasteiger partial charge in [-0.2, -0.15) is 0 Å². The summed E-state index contributed by atoms with van der Waals surface area (Å²) in [4.78, 5) is 13.3. The van der Waals surface area contributed by atoms with Crippen molar-refractivity contribution in [1.29, 1.82) is 0 Å². The Balaban J connectivity index is 1.12. The SMILES string of the molecule is O=C(Nc1ccc(Oc2ccccc2)cc1)c1ccc2c(c1)[C@@H]1[C@H]3CC[C@@H](C3)[C@@H]1[C@H](c1ccccc1)N2. The number of fused-ring (bicyclic) bond motifs is 7. The van der Waals surface area contributed by atoms with Crippen LogP contribution in [0.5, 0.6) is 11.5 Å². The largest absolute Gasteiger partial charge is 0.457 e. The maximum atomic E-state index is 13.3. The number of para-hydroxylation sites is 1. The molecule has 2 saturated carbocycles. The molecule has 4 aromatic rings. The van der Waals surface area contributed by atoms with Crippen LogP contribution in [0.25, 0.3) is 0 Å². The van der Waals surface area contributed by atoms with Gasteiger partial charge >= 0.3 is 0 Å². The van der Waals surface area contributed by atoms with Crippen molar-refractivity contribution in [3.63, 3.8) is 0 Å². The molecule has 1 amide bonds. The standard InChI is InChI=1S/C33H30N2O2/c36-33(34-25-14-16-27(17-15-25)37-26-9-5-2-6-10-26)24-13-18-29-28(20-24)30-22-11-12-23(19-22)31(30)32(35-29)21-7-3-1-4-8-21/h1-10,13-18,20,22-23,30-32,35H,11-12,19H2,(H,34,36)/t22-,23-,30-,31-,32-/m0/s1. The fourth-order valence-corrected chi connectivity index (χ4v) is 7.05. The lowest BCUT2D eigenvalue weighted by atomic mass is 9.68. The predicted molar refractivity (Wildman–Crippen MR) is 147 cm³/mol. The van der Waals surface area contributed by atoms with Crippen LogP contribution in [0.4, 0.5) is 11.4 Å². The van der Waals surface area contributed by atoms with E-state index >= 15 is 0 Å². The van der Waals surface area contributed by atoms with Gasteiger partial charge in [0.2, 0.25) is 0 Å². The summed E-state index contributed by atoms with van der Waals surface area (Å²) in [5.74, 6) is 4.03. The number of rotatable bonds is 5. The summed E-state index contributed by atoms with van der Waals surface area (Å²) in [6.07, 6.45) is 3.95. The van der Waals surface area contributed by atoms with Gasteiger partial charge in [0.25, 0.3) is 5.91 Å². The number of carbonyl (C=O) groups is 1. The molecule has 2 aliphatic carbocycles. The molecule has 4 aromatic carbocycles. The van der Waals surface area contributed by atoms with Gasteiger partial charge in [-0.05, 0) is 109 Å². The van der Waals surface area contributed by atoms with Crippen molar-refractivity contribution >= 4 is 17.3 Å². The molecular weight excluding hydrogens is 456 g/mol. The third-order valence-electron chi connectivity index (χ3n) is 8.60. The van der Waals surface area contributed by atoms with Crippen LogP contribution in [0.3, 0.4) is 0 Å². The smallest absolute Gasteiger partial charge is 0.255 e. The van der Waals surface area contributed by atoms with Crippen LogP contribution in [-0.2, 0) is 0 Å². The first-order valence-corrected chi connectivity index (χ1v) is 13.3. The second-order valence-corrected chi connectivity index (χ2v) is 10.7. The molecule has 0 spiro atoms. The Morgan fingerprint density at radius 1 is 0.784 bits per heavy atom. The molecule has 4 nitrogen and oxygen atoms in total. The molecule has 2 N–H and O–H groups in total. The molecule has 2 fully saturated rings. The lowest BCUT2D eigenvalue weighted by Gasteiger charge is -2.43. The number of amides is 1. The second-order valence-electron chi connectivity index (χ2n) is 10.7. The molecule has 5 atom stereocenters. The molecule has 2 bridgehead atoms. The number of carbonyl (C=O) groups excluding carboxylic acids is 1. The van der Waals surface area contributed by atoms with Crippen molar-refractivity contribution in [2.75, 3.05) is 10.6 Å². The molecule has 3 aliphatic rings. The van der Waals surface area contributed by atoms with Gasteiger partial charge < -0.3 is 15.4 Å². The van der Waals surface area contributed by atoms with Crippen molar-refractivity contribution in [3.05, 3.63) is 120 Å². The second kappa shape index (κ2) is 9.11. The molecule has 184 valence electrons. The van der Waals surface area contributed by atoms with Crippen LogP contribution in [0, 0.1) is 17.8 Å². The minimum Gasteiger partial charge on any atom is -0.457 e. The Morgan fingerprint density at radius 2 is 1.49 bits per heavy atom. The fraction of sp³-hybridized carbons (Fsp3) is 0.242. The highest BCUT2D eigenvalue weighted by Crippen LogP contribution is 2.63. The zero-order chi connectivity index (χ0) is 24.8. The number of anilines is 2. The van der Waals surface area contributed by atoms with E-state index in [1.54, 1.807) is 0 Å². The molecule has 0 radical (unpaired) electrons. The average molecular weight is 487 g/mol. The summed E-state index contributed by atoms with van der Waals surface area (Å²) in [6, 6.07) is 34.6. The van der Waals surface area contributed by atoms with Gasteiger partial charge in [0.15, 0.2) is 0 Å². The van der Waals surface area contributed by atoms with E-state index < -0.39 is 0 Å². The van der Waals surface area contributed by atoms with Crippen molar-refractivity contribution in [2.45, 2.75) is 31.2 Å². The Labute approximate surface area is 217 Å². The van der Waals surface area contributed by atoms with E-state index in [-0.39, 0.29) is 5.91 Å². The molecule has 1 aliphatic heterocycles. The van der Waals surface area contributed by atoms with Crippen LogP contribution in [0.1, 0.15) is 52.7 Å². The summed E-state index contributed by atoms with van der Waals surface area (Å²) in [5.41, 5.74) is 5.34. The lowest BCUT2D eigenvalue weighted by Crippen LogP contribution is -2.35. The molecule has 7 rings (SSSR count). The summed E-state index contributed by atoms with van der Waals surface area (Å²) in [5, 5.41) is 6.94. The first kappa shape index (κ1) is 22.2. The summed E-state index contributed by atoms with van der Waals surface area (Å²) >= 11 is 0. The van der Waals surface area contributed by atoms with E-state index in [1.807, 2.05) is 60.7 Å². The first-order valence-electron chi connectivity index (χ1n) is 13.3. The van der Waals surface area contributed by atoms with Gasteiger partial charge in [-0.3, -0.25) is 4.79 Å². The van der Waals surface area contributed by atoms with Crippen molar-refractivity contribution in [1.82, 2.24) is 0 Å². The normalized spacial score (nSPS) is 25.0.